The molecule has 2 rings (SSSR count). The number of carbonyl (C=O) groups excluding carboxylic acids is 3. The number of rotatable bonds is 7. The maximum Gasteiger partial charge on any atom is 0.326 e. The highest BCUT2D eigenvalue weighted by Crippen LogP contribution is 2.28. The standard InChI is InChI=1S/C17H21N3O7/c1-26-12-6-7-13(14(9-12)20(24)25)18-15(21)11-27-17(23)10-19-8-4-2-3-5-16(19)22/h6-7,9H,2-5,8,10-11H2,1H3,(H,18,21). The van der Waals surface area contributed by atoms with Crippen molar-refractivity contribution in [3.8, 4) is 5.75 Å². The molecule has 1 N–H and O–H groups in total. The van der Waals surface area contributed by atoms with Crippen molar-refractivity contribution in [1.82, 2.24) is 4.90 Å². The monoisotopic (exact) mass is 379 g/mol. The molecule has 0 aliphatic carbocycles. The van der Waals surface area contributed by atoms with Crippen LogP contribution in [0.4, 0.5) is 11.4 Å². The van der Waals surface area contributed by atoms with Gasteiger partial charge in [0.1, 0.15) is 18.0 Å². The molecule has 146 valence electrons. The van der Waals surface area contributed by atoms with Crippen LogP contribution in [-0.2, 0) is 19.1 Å². The lowest BCUT2D eigenvalue weighted by atomic mass is 10.2. The van der Waals surface area contributed by atoms with Gasteiger partial charge >= 0.3 is 5.97 Å². The summed E-state index contributed by atoms with van der Waals surface area (Å²) in [6.07, 6.45) is 2.95. The van der Waals surface area contributed by atoms with Crippen molar-refractivity contribution in [2.75, 3.05) is 32.1 Å². The molecule has 0 aromatic heterocycles. The van der Waals surface area contributed by atoms with Gasteiger partial charge < -0.3 is 19.7 Å². The van der Waals surface area contributed by atoms with Crippen LogP contribution in [0.5, 0.6) is 5.75 Å². The molecule has 0 bridgehead atoms. The van der Waals surface area contributed by atoms with Crippen LogP contribution in [0, 0.1) is 10.1 Å². The number of nitrogens with one attached hydrogen (secondary N) is 1. The summed E-state index contributed by atoms with van der Waals surface area (Å²) in [7, 11) is 1.37. The second-order valence-electron chi connectivity index (χ2n) is 5.98. The van der Waals surface area contributed by atoms with Gasteiger partial charge in [-0.2, -0.15) is 0 Å². The highest BCUT2D eigenvalue weighted by Gasteiger charge is 2.21. The van der Waals surface area contributed by atoms with E-state index in [0.29, 0.717) is 13.0 Å². The lowest BCUT2D eigenvalue weighted by Crippen LogP contribution is -2.36. The Morgan fingerprint density at radius 2 is 2.07 bits per heavy atom. The number of nitro groups is 1. The van der Waals surface area contributed by atoms with Crippen LogP contribution in [-0.4, -0.2) is 54.4 Å². The smallest absolute Gasteiger partial charge is 0.326 e. The van der Waals surface area contributed by atoms with Crippen molar-refractivity contribution in [1.29, 1.82) is 0 Å². The molecule has 0 saturated carbocycles. The van der Waals surface area contributed by atoms with Crippen molar-refractivity contribution in [2.45, 2.75) is 25.7 Å². The van der Waals surface area contributed by atoms with Crippen molar-refractivity contribution in [3.05, 3.63) is 28.3 Å². The molecule has 27 heavy (non-hydrogen) atoms. The predicted octanol–water partition coefficient (Wildman–Crippen LogP) is 1.49. The third kappa shape index (κ3) is 5.94. The molecule has 10 heteroatoms. The summed E-state index contributed by atoms with van der Waals surface area (Å²) >= 11 is 0. The molecule has 1 saturated heterocycles. The summed E-state index contributed by atoms with van der Waals surface area (Å²) in [4.78, 5) is 47.5. The van der Waals surface area contributed by atoms with Crippen LogP contribution in [0.2, 0.25) is 0 Å². The minimum Gasteiger partial charge on any atom is -0.496 e. The summed E-state index contributed by atoms with van der Waals surface area (Å²) < 4.78 is 9.79. The van der Waals surface area contributed by atoms with Gasteiger partial charge in [-0.05, 0) is 25.0 Å². The fourth-order valence-corrected chi connectivity index (χ4v) is 2.63. The second kappa shape index (κ2) is 9.51. The number of methoxy groups -OCH3 is 1. The van der Waals surface area contributed by atoms with E-state index in [1.165, 1.54) is 30.2 Å². The summed E-state index contributed by atoms with van der Waals surface area (Å²) in [5, 5.41) is 13.4. The SMILES string of the molecule is COc1ccc(NC(=O)COC(=O)CN2CCCCCC2=O)c([N+](=O)[O-])c1. The van der Waals surface area contributed by atoms with Gasteiger partial charge in [-0.1, -0.05) is 6.42 Å². The first-order valence-electron chi connectivity index (χ1n) is 8.46. The molecule has 1 aliphatic rings. The fraction of sp³-hybridized carbons (Fsp3) is 0.471. The van der Waals surface area contributed by atoms with E-state index < -0.39 is 23.4 Å². The van der Waals surface area contributed by atoms with Gasteiger partial charge in [0, 0.05) is 13.0 Å². The Morgan fingerprint density at radius 3 is 2.78 bits per heavy atom. The number of benzene rings is 1. The highest BCUT2D eigenvalue weighted by atomic mass is 16.6. The van der Waals surface area contributed by atoms with Gasteiger partial charge in [0.25, 0.3) is 11.6 Å². The van der Waals surface area contributed by atoms with Crippen molar-refractivity contribution in [3.63, 3.8) is 0 Å². The van der Waals surface area contributed by atoms with Crippen molar-refractivity contribution in [2.24, 2.45) is 0 Å². The van der Waals surface area contributed by atoms with Crippen LogP contribution in [0.1, 0.15) is 25.7 Å². The molecule has 2 amide bonds. The number of amides is 2. The molecule has 1 aliphatic heterocycles. The number of nitrogens with zero attached hydrogens (tertiary/aromatic N) is 2. The number of hydrogen-bond acceptors (Lipinski definition) is 7. The van der Waals surface area contributed by atoms with E-state index in [1.54, 1.807) is 0 Å². The van der Waals surface area contributed by atoms with Crippen molar-refractivity contribution < 1.29 is 28.8 Å². The van der Waals surface area contributed by atoms with Gasteiger partial charge in [0.2, 0.25) is 5.91 Å². The summed E-state index contributed by atoms with van der Waals surface area (Å²) in [5.41, 5.74) is -0.381. The Kier molecular flexibility index (Phi) is 7.09. The van der Waals surface area contributed by atoms with E-state index >= 15 is 0 Å². The maximum absolute atomic E-state index is 11.9. The average Bonchev–Trinajstić information content (AvgIpc) is 2.84. The molecule has 10 nitrogen and oxygen atoms in total. The lowest BCUT2D eigenvalue weighted by molar-refractivity contribution is -0.384. The summed E-state index contributed by atoms with van der Waals surface area (Å²) in [6.45, 7) is -0.336. The Balaban J connectivity index is 1.88. The number of hydrogen-bond donors (Lipinski definition) is 1. The largest absolute Gasteiger partial charge is 0.496 e. The van der Waals surface area contributed by atoms with Gasteiger partial charge in [0.15, 0.2) is 6.61 Å². The van der Waals surface area contributed by atoms with Gasteiger partial charge in [-0.15, -0.1) is 0 Å². The molecule has 0 radical (unpaired) electrons. The minimum absolute atomic E-state index is 0.0375. The zero-order valence-electron chi connectivity index (χ0n) is 14.9. The van der Waals surface area contributed by atoms with E-state index in [4.69, 9.17) is 9.47 Å². The van der Waals surface area contributed by atoms with Crippen LogP contribution < -0.4 is 10.1 Å². The molecule has 0 unspecified atom stereocenters. The lowest BCUT2D eigenvalue weighted by Gasteiger charge is -2.19. The number of likely N-dealkylation sites (tertiary alicyclic amines) is 1. The molecule has 0 atom stereocenters. The first-order valence-corrected chi connectivity index (χ1v) is 8.46. The van der Waals surface area contributed by atoms with E-state index in [0.717, 1.165) is 19.3 Å². The van der Waals surface area contributed by atoms with Gasteiger partial charge in [-0.25, -0.2) is 0 Å². The number of nitro benzene ring substituents is 1. The Hall–Kier alpha value is -3.17. The van der Waals surface area contributed by atoms with E-state index in [9.17, 15) is 24.5 Å². The van der Waals surface area contributed by atoms with Crippen LogP contribution in [0.3, 0.4) is 0 Å². The third-order valence-electron chi connectivity index (χ3n) is 4.03. The maximum atomic E-state index is 11.9. The van der Waals surface area contributed by atoms with E-state index in [-0.39, 0.29) is 29.6 Å². The topological polar surface area (TPSA) is 128 Å². The Morgan fingerprint density at radius 1 is 1.30 bits per heavy atom. The summed E-state index contributed by atoms with van der Waals surface area (Å²) in [6, 6.07) is 3.96. The summed E-state index contributed by atoms with van der Waals surface area (Å²) in [5.74, 6) is -1.26. The zero-order valence-corrected chi connectivity index (χ0v) is 14.9. The number of ether oxygens (including phenoxy) is 2. The normalized spacial score (nSPS) is 14.3. The Bertz CT molecular complexity index is 735. The van der Waals surface area contributed by atoms with Gasteiger partial charge in [0.05, 0.1) is 18.1 Å². The van der Waals surface area contributed by atoms with Crippen LogP contribution >= 0.6 is 0 Å². The molecule has 0 spiro atoms. The molecule has 1 aromatic carbocycles. The minimum atomic E-state index is -0.723. The number of esters is 1. The van der Waals surface area contributed by atoms with Crippen LogP contribution in [0.15, 0.2) is 18.2 Å². The molecule has 1 heterocycles. The fourth-order valence-electron chi connectivity index (χ4n) is 2.63. The first kappa shape index (κ1) is 20.1. The second-order valence-corrected chi connectivity index (χ2v) is 5.98. The molecule has 1 aromatic rings. The van der Waals surface area contributed by atoms with E-state index in [2.05, 4.69) is 5.32 Å². The van der Waals surface area contributed by atoms with E-state index in [1.807, 2.05) is 0 Å². The predicted molar refractivity (Wildman–Crippen MR) is 94.3 cm³/mol. The Labute approximate surface area is 155 Å². The highest BCUT2D eigenvalue weighted by molar-refractivity contribution is 5.95. The third-order valence-corrected chi connectivity index (χ3v) is 4.03. The average molecular weight is 379 g/mol. The van der Waals surface area contributed by atoms with Crippen molar-refractivity contribution >= 4 is 29.2 Å². The van der Waals surface area contributed by atoms with Gasteiger partial charge in [-0.3, -0.25) is 24.5 Å². The molecule has 1 fully saturated rings. The quantitative estimate of drug-likeness (QED) is 0.432. The number of carbonyl (C=O) groups is 3. The molecular formula is C17H21N3O7. The first-order chi connectivity index (χ1) is 12.9. The number of anilines is 1. The zero-order chi connectivity index (χ0) is 19.8. The van der Waals surface area contributed by atoms with Crippen LogP contribution in [0.25, 0.3) is 0 Å². The molecular weight excluding hydrogens is 358 g/mol.